The first-order valence-corrected chi connectivity index (χ1v) is 11.6. The van der Waals surface area contributed by atoms with E-state index in [0.717, 1.165) is 56.9 Å². The number of carbonyl (C=O) groups is 1. The fourth-order valence-electron chi connectivity index (χ4n) is 6.58. The number of aliphatic hydroxyl groups excluding tert-OH is 1. The predicted molar refractivity (Wildman–Crippen MR) is 117 cm³/mol. The van der Waals surface area contributed by atoms with Crippen molar-refractivity contribution in [3.8, 4) is 0 Å². The van der Waals surface area contributed by atoms with Crippen molar-refractivity contribution in [2.45, 2.75) is 98.5 Å². The molecule has 29 heavy (non-hydrogen) atoms. The van der Waals surface area contributed by atoms with E-state index in [1.165, 1.54) is 0 Å². The van der Waals surface area contributed by atoms with Gasteiger partial charge in [-0.05, 0) is 82.5 Å². The highest BCUT2D eigenvalue weighted by Crippen LogP contribution is 2.63. The zero-order chi connectivity index (χ0) is 21.9. The van der Waals surface area contributed by atoms with Gasteiger partial charge in [0.15, 0.2) is 0 Å². The number of ether oxygens (including phenoxy) is 1. The van der Waals surface area contributed by atoms with E-state index in [4.69, 9.17) is 4.74 Å². The molecule has 0 aromatic heterocycles. The molecule has 0 unspecified atom stereocenters. The molecule has 2 aliphatic rings. The van der Waals surface area contributed by atoms with Gasteiger partial charge in [-0.2, -0.15) is 0 Å². The summed E-state index contributed by atoms with van der Waals surface area (Å²) < 4.78 is 5.70. The Hall–Kier alpha value is -0.870. The lowest BCUT2D eigenvalue weighted by molar-refractivity contribution is -0.186. The van der Waals surface area contributed by atoms with Crippen LogP contribution in [-0.4, -0.2) is 35.0 Å². The summed E-state index contributed by atoms with van der Waals surface area (Å²) in [6.45, 7) is 13.4. The van der Waals surface area contributed by atoms with Crippen LogP contribution in [0.1, 0.15) is 92.9 Å². The highest BCUT2D eigenvalue weighted by Gasteiger charge is 2.59. The molecular weight excluding hydrogens is 364 g/mol. The van der Waals surface area contributed by atoms with E-state index in [-0.39, 0.29) is 29.3 Å². The molecule has 0 bridgehead atoms. The fourth-order valence-corrected chi connectivity index (χ4v) is 6.58. The molecular formula is C25H44O4. The van der Waals surface area contributed by atoms with Gasteiger partial charge in [-0.3, -0.25) is 0 Å². The third-order valence-corrected chi connectivity index (χ3v) is 8.11. The van der Waals surface area contributed by atoms with Gasteiger partial charge in [0.25, 0.3) is 0 Å². The highest BCUT2D eigenvalue weighted by molar-refractivity contribution is 5.82. The average molecular weight is 409 g/mol. The first kappa shape index (κ1) is 24.4. The second kappa shape index (κ2) is 9.51. The lowest BCUT2D eigenvalue weighted by Crippen LogP contribution is -2.59. The number of carbonyl (C=O) groups excluding carboxylic acids is 1. The zero-order valence-corrected chi connectivity index (χ0v) is 19.6. The summed E-state index contributed by atoms with van der Waals surface area (Å²) in [6, 6.07) is 0. The third-order valence-electron chi connectivity index (χ3n) is 8.11. The summed E-state index contributed by atoms with van der Waals surface area (Å²) in [7, 11) is 0. The quantitative estimate of drug-likeness (QED) is 0.424. The van der Waals surface area contributed by atoms with Crippen molar-refractivity contribution in [1.29, 1.82) is 0 Å². The minimum Gasteiger partial charge on any atom is -0.462 e. The van der Waals surface area contributed by atoms with Gasteiger partial charge in [0, 0.05) is 18.1 Å². The number of hydrogen-bond donors (Lipinski definition) is 2. The molecule has 0 aromatic rings. The second-order valence-corrected chi connectivity index (χ2v) is 11.0. The summed E-state index contributed by atoms with van der Waals surface area (Å²) in [6.07, 6.45) is 9.55. The Morgan fingerprint density at radius 2 is 1.86 bits per heavy atom. The lowest BCUT2D eigenvalue weighted by Gasteiger charge is -2.61. The number of allylic oxidation sites excluding steroid dienone is 1. The number of rotatable bonds is 8. The Morgan fingerprint density at radius 3 is 2.48 bits per heavy atom. The molecule has 4 nitrogen and oxygen atoms in total. The SMILES string of the molecule is CC(C)=CC(=O)OC[C@@]1(C)CCC[C@]2(C)[C@@H]1CC[C@](C)(O)[C@H]2CC[C@H](C)CCO. The van der Waals surface area contributed by atoms with Crippen LogP contribution in [0.3, 0.4) is 0 Å². The normalized spacial score (nSPS) is 38.1. The first-order chi connectivity index (χ1) is 13.4. The molecule has 6 atom stereocenters. The van der Waals surface area contributed by atoms with Crippen molar-refractivity contribution in [3.05, 3.63) is 11.6 Å². The second-order valence-electron chi connectivity index (χ2n) is 11.0. The molecule has 0 heterocycles. The molecule has 0 saturated heterocycles. The summed E-state index contributed by atoms with van der Waals surface area (Å²) in [5.74, 6) is 0.917. The average Bonchev–Trinajstić information content (AvgIpc) is 2.58. The molecule has 0 radical (unpaired) electrons. The molecule has 2 saturated carbocycles. The maximum atomic E-state index is 12.1. The summed E-state index contributed by atoms with van der Waals surface area (Å²) in [5.41, 5.74) is 0.320. The molecule has 0 spiro atoms. The van der Waals surface area contributed by atoms with Crippen molar-refractivity contribution in [1.82, 2.24) is 0 Å². The molecule has 168 valence electrons. The van der Waals surface area contributed by atoms with Crippen molar-refractivity contribution >= 4 is 5.97 Å². The largest absolute Gasteiger partial charge is 0.462 e. The third kappa shape index (κ3) is 5.64. The van der Waals surface area contributed by atoms with E-state index >= 15 is 0 Å². The number of hydrogen-bond acceptors (Lipinski definition) is 4. The zero-order valence-electron chi connectivity index (χ0n) is 19.6. The van der Waals surface area contributed by atoms with Crippen LogP contribution in [0.2, 0.25) is 0 Å². The summed E-state index contributed by atoms with van der Waals surface area (Å²) in [5, 5.41) is 20.6. The first-order valence-electron chi connectivity index (χ1n) is 11.6. The lowest BCUT2D eigenvalue weighted by atomic mass is 9.45. The van der Waals surface area contributed by atoms with E-state index in [1.807, 2.05) is 20.8 Å². The van der Waals surface area contributed by atoms with Gasteiger partial charge in [-0.25, -0.2) is 4.79 Å². The van der Waals surface area contributed by atoms with Crippen molar-refractivity contribution in [3.63, 3.8) is 0 Å². The molecule has 2 N–H and O–H groups in total. The molecule has 2 fully saturated rings. The Morgan fingerprint density at radius 1 is 1.17 bits per heavy atom. The molecule has 0 amide bonds. The van der Waals surface area contributed by atoms with E-state index < -0.39 is 5.60 Å². The number of aliphatic hydroxyl groups is 2. The van der Waals surface area contributed by atoms with Crippen LogP contribution < -0.4 is 0 Å². The summed E-state index contributed by atoms with van der Waals surface area (Å²) >= 11 is 0. The van der Waals surface area contributed by atoms with Crippen molar-refractivity contribution in [2.75, 3.05) is 13.2 Å². The Bertz CT molecular complexity index is 592. The van der Waals surface area contributed by atoms with Crippen LogP contribution in [-0.2, 0) is 9.53 Å². The number of esters is 1. The highest BCUT2D eigenvalue weighted by atomic mass is 16.5. The van der Waals surface area contributed by atoms with Gasteiger partial charge >= 0.3 is 5.97 Å². The van der Waals surface area contributed by atoms with Crippen LogP contribution in [0.15, 0.2) is 11.6 Å². The number of fused-ring (bicyclic) bond motifs is 1. The minimum atomic E-state index is -0.652. The van der Waals surface area contributed by atoms with Crippen LogP contribution in [0.25, 0.3) is 0 Å². The predicted octanol–water partition coefficient (Wildman–Crippen LogP) is 5.27. The van der Waals surface area contributed by atoms with Gasteiger partial charge in [0.2, 0.25) is 0 Å². The van der Waals surface area contributed by atoms with Crippen molar-refractivity contribution < 1.29 is 19.7 Å². The maximum absolute atomic E-state index is 12.1. The van der Waals surface area contributed by atoms with Crippen molar-refractivity contribution in [2.24, 2.45) is 28.6 Å². The van der Waals surface area contributed by atoms with E-state index in [2.05, 4.69) is 20.8 Å². The molecule has 4 heteroatoms. The minimum absolute atomic E-state index is 0.0381. The fraction of sp³-hybridized carbons (Fsp3) is 0.880. The molecule has 0 aliphatic heterocycles. The Labute approximate surface area is 178 Å². The van der Waals surface area contributed by atoms with Gasteiger partial charge in [0.1, 0.15) is 0 Å². The van der Waals surface area contributed by atoms with Crippen LogP contribution in [0, 0.1) is 28.6 Å². The molecule has 0 aromatic carbocycles. The van der Waals surface area contributed by atoms with Gasteiger partial charge in [-0.1, -0.05) is 39.2 Å². The van der Waals surface area contributed by atoms with E-state index in [1.54, 1.807) is 6.08 Å². The smallest absolute Gasteiger partial charge is 0.330 e. The molecule has 2 aliphatic carbocycles. The van der Waals surface area contributed by atoms with Crippen LogP contribution >= 0.6 is 0 Å². The van der Waals surface area contributed by atoms with Crippen LogP contribution in [0.4, 0.5) is 0 Å². The Kier molecular flexibility index (Phi) is 8.00. The summed E-state index contributed by atoms with van der Waals surface area (Å²) in [4.78, 5) is 12.1. The van der Waals surface area contributed by atoms with Crippen LogP contribution in [0.5, 0.6) is 0 Å². The van der Waals surface area contributed by atoms with Gasteiger partial charge < -0.3 is 14.9 Å². The standard InChI is InChI=1S/C25H44O4/c1-18(2)16-22(27)29-17-23(4)12-7-13-24(5)20(23)10-14-25(6,28)21(24)9-8-19(3)11-15-26/h16,19-21,26,28H,7-15,17H2,1-6H3/t19-,20+,21-,23+,24+,25-/m0/s1. The monoisotopic (exact) mass is 408 g/mol. The molecule has 2 rings (SSSR count). The van der Waals surface area contributed by atoms with E-state index in [0.29, 0.717) is 18.4 Å². The van der Waals surface area contributed by atoms with E-state index in [9.17, 15) is 15.0 Å². The van der Waals surface area contributed by atoms with Gasteiger partial charge in [-0.15, -0.1) is 0 Å². The topological polar surface area (TPSA) is 66.8 Å². The maximum Gasteiger partial charge on any atom is 0.330 e. The Balaban J connectivity index is 2.19. The van der Waals surface area contributed by atoms with Gasteiger partial charge in [0.05, 0.1) is 12.2 Å².